The molecular formula is C17H16ClN3O3S. The van der Waals surface area contributed by atoms with E-state index < -0.39 is 5.56 Å². The normalized spacial score (nSPS) is 10.2. The van der Waals surface area contributed by atoms with E-state index in [0.29, 0.717) is 40.5 Å². The van der Waals surface area contributed by atoms with Crippen LogP contribution in [0.5, 0.6) is 11.5 Å². The van der Waals surface area contributed by atoms with Gasteiger partial charge in [-0.05, 0) is 19.2 Å². The molecule has 130 valence electrons. The van der Waals surface area contributed by atoms with Gasteiger partial charge in [-0.2, -0.15) is 5.26 Å². The lowest BCUT2D eigenvalue weighted by Crippen LogP contribution is -2.14. The summed E-state index contributed by atoms with van der Waals surface area (Å²) in [6, 6.07) is 5.08. The van der Waals surface area contributed by atoms with Gasteiger partial charge in [0.1, 0.15) is 18.2 Å². The molecule has 1 heterocycles. The Hall–Kier alpha value is -2.43. The average Bonchev–Trinajstić information content (AvgIpc) is 2.61. The first-order valence-electron chi connectivity index (χ1n) is 7.34. The van der Waals surface area contributed by atoms with Crippen molar-refractivity contribution in [3.05, 3.63) is 45.7 Å². The van der Waals surface area contributed by atoms with Crippen molar-refractivity contribution in [2.75, 3.05) is 19.5 Å². The molecule has 1 aromatic heterocycles. The van der Waals surface area contributed by atoms with E-state index in [4.69, 9.17) is 21.1 Å². The summed E-state index contributed by atoms with van der Waals surface area (Å²) in [6.45, 7) is 6.14. The molecule has 2 rings (SSSR count). The van der Waals surface area contributed by atoms with Crippen LogP contribution in [-0.4, -0.2) is 29.4 Å². The van der Waals surface area contributed by atoms with Gasteiger partial charge >= 0.3 is 0 Å². The Kier molecular flexibility index (Phi) is 6.51. The zero-order valence-electron chi connectivity index (χ0n) is 13.8. The van der Waals surface area contributed by atoms with E-state index >= 15 is 0 Å². The molecule has 6 nitrogen and oxygen atoms in total. The monoisotopic (exact) mass is 377 g/mol. The maximum Gasteiger partial charge on any atom is 0.270 e. The smallest absolute Gasteiger partial charge is 0.270 e. The Morgan fingerprint density at radius 2 is 2.16 bits per heavy atom. The predicted molar refractivity (Wildman–Crippen MR) is 98.7 cm³/mol. The number of nitrogens with zero attached hydrogens (tertiary/aromatic N) is 2. The van der Waals surface area contributed by atoms with E-state index in [9.17, 15) is 10.1 Å². The van der Waals surface area contributed by atoms with Crippen LogP contribution in [0.2, 0.25) is 5.02 Å². The molecule has 0 saturated carbocycles. The van der Waals surface area contributed by atoms with Gasteiger partial charge in [-0.15, -0.1) is 0 Å². The van der Waals surface area contributed by atoms with Crippen molar-refractivity contribution in [3.63, 3.8) is 0 Å². The molecule has 1 N–H and O–H groups in total. The number of nitrogens with one attached hydrogen (secondary N) is 1. The van der Waals surface area contributed by atoms with Crippen LogP contribution < -0.4 is 15.0 Å². The third-order valence-corrected chi connectivity index (χ3v) is 4.04. The molecular weight excluding hydrogens is 362 g/mol. The Balaban J connectivity index is 2.69. The molecule has 25 heavy (non-hydrogen) atoms. The molecule has 0 saturated heterocycles. The summed E-state index contributed by atoms with van der Waals surface area (Å²) in [5.41, 5.74) is 0.00520. The zero-order chi connectivity index (χ0) is 18.4. The molecule has 8 heteroatoms. The fourth-order valence-corrected chi connectivity index (χ4v) is 2.71. The SMILES string of the molecule is C=CCOc1cc(Cl)c(-c2nc(SC)[nH]c(=O)c2C#N)cc1OCC. The maximum atomic E-state index is 12.1. The Labute approximate surface area is 154 Å². The summed E-state index contributed by atoms with van der Waals surface area (Å²) in [7, 11) is 0. The maximum absolute atomic E-state index is 12.1. The minimum absolute atomic E-state index is 0.109. The summed E-state index contributed by atoms with van der Waals surface area (Å²) < 4.78 is 11.1. The van der Waals surface area contributed by atoms with Crippen molar-refractivity contribution in [1.82, 2.24) is 9.97 Å². The van der Waals surface area contributed by atoms with Gasteiger partial charge in [0.15, 0.2) is 16.7 Å². The molecule has 0 aliphatic heterocycles. The quantitative estimate of drug-likeness (QED) is 0.450. The Bertz CT molecular complexity index is 890. The summed E-state index contributed by atoms with van der Waals surface area (Å²) in [6.07, 6.45) is 3.38. The number of nitriles is 1. The Morgan fingerprint density at radius 3 is 2.76 bits per heavy atom. The molecule has 0 aliphatic carbocycles. The van der Waals surface area contributed by atoms with Crippen LogP contribution in [0.3, 0.4) is 0 Å². The van der Waals surface area contributed by atoms with Crippen LogP contribution in [0.15, 0.2) is 34.7 Å². The second-order valence-electron chi connectivity index (χ2n) is 4.72. The lowest BCUT2D eigenvalue weighted by atomic mass is 10.1. The van der Waals surface area contributed by atoms with Gasteiger partial charge in [0.05, 0.1) is 17.3 Å². The van der Waals surface area contributed by atoms with Gasteiger partial charge < -0.3 is 14.5 Å². The molecule has 0 fully saturated rings. The number of aromatic amines is 1. The van der Waals surface area contributed by atoms with E-state index in [2.05, 4.69) is 16.5 Å². The summed E-state index contributed by atoms with van der Waals surface area (Å²) in [5.74, 6) is 0.893. The van der Waals surface area contributed by atoms with Gasteiger partial charge in [0, 0.05) is 11.6 Å². The van der Waals surface area contributed by atoms with Crippen LogP contribution in [0.4, 0.5) is 0 Å². The van der Waals surface area contributed by atoms with E-state index in [1.807, 2.05) is 13.0 Å². The van der Waals surface area contributed by atoms with E-state index in [1.165, 1.54) is 11.8 Å². The first-order valence-corrected chi connectivity index (χ1v) is 8.94. The third-order valence-electron chi connectivity index (χ3n) is 3.15. The highest BCUT2D eigenvalue weighted by atomic mass is 35.5. The van der Waals surface area contributed by atoms with Gasteiger partial charge in [-0.3, -0.25) is 4.79 Å². The number of aromatic nitrogens is 2. The molecule has 0 unspecified atom stereocenters. The number of hydrogen-bond donors (Lipinski definition) is 1. The highest BCUT2D eigenvalue weighted by Crippen LogP contribution is 2.39. The van der Waals surface area contributed by atoms with Gasteiger partial charge in [0.25, 0.3) is 5.56 Å². The molecule has 0 aliphatic rings. The number of benzene rings is 1. The van der Waals surface area contributed by atoms with Crippen molar-refractivity contribution in [1.29, 1.82) is 5.26 Å². The lowest BCUT2D eigenvalue weighted by molar-refractivity contribution is 0.297. The van der Waals surface area contributed by atoms with E-state index in [-0.39, 0.29) is 11.3 Å². The molecule has 1 aromatic carbocycles. The van der Waals surface area contributed by atoms with Crippen molar-refractivity contribution in [2.45, 2.75) is 12.1 Å². The molecule has 0 bridgehead atoms. The summed E-state index contributed by atoms with van der Waals surface area (Å²) in [4.78, 5) is 19.0. The first-order chi connectivity index (χ1) is 12.0. The van der Waals surface area contributed by atoms with Gasteiger partial charge in [0.2, 0.25) is 0 Å². The van der Waals surface area contributed by atoms with Gasteiger partial charge in [-0.1, -0.05) is 36.0 Å². The minimum Gasteiger partial charge on any atom is -0.490 e. The molecule has 0 atom stereocenters. The molecule has 0 amide bonds. The van der Waals surface area contributed by atoms with E-state index in [1.54, 1.807) is 24.5 Å². The van der Waals surface area contributed by atoms with Crippen LogP contribution in [-0.2, 0) is 0 Å². The third kappa shape index (κ3) is 4.16. The standard InChI is InChI=1S/C17H16ClN3O3S/c1-4-6-24-14-8-12(18)10(7-13(14)23-5-2)15-11(9-19)16(22)21-17(20-15)25-3/h4,7-8H,1,5-6H2,2-3H3,(H,20,21,22). The van der Waals surface area contributed by atoms with Crippen LogP contribution >= 0.6 is 23.4 Å². The molecule has 0 spiro atoms. The van der Waals surface area contributed by atoms with Gasteiger partial charge in [-0.25, -0.2) is 4.98 Å². The minimum atomic E-state index is -0.516. The number of thioether (sulfide) groups is 1. The predicted octanol–water partition coefficient (Wildman–Crippen LogP) is 3.65. The number of ether oxygens (including phenoxy) is 2. The van der Waals surface area contributed by atoms with Crippen molar-refractivity contribution in [2.24, 2.45) is 0 Å². The average molecular weight is 378 g/mol. The van der Waals surface area contributed by atoms with Crippen LogP contribution in [0, 0.1) is 11.3 Å². The van der Waals surface area contributed by atoms with Crippen LogP contribution in [0.25, 0.3) is 11.3 Å². The largest absolute Gasteiger partial charge is 0.490 e. The highest BCUT2D eigenvalue weighted by Gasteiger charge is 2.19. The second-order valence-corrected chi connectivity index (χ2v) is 5.92. The Morgan fingerprint density at radius 1 is 1.44 bits per heavy atom. The number of rotatable bonds is 7. The summed E-state index contributed by atoms with van der Waals surface area (Å²) in [5, 5.41) is 10.0. The number of halogens is 1. The number of hydrogen-bond acceptors (Lipinski definition) is 6. The topological polar surface area (TPSA) is 88.0 Å². The second kappa shape index (κ2) is 8.60. The van der Waals surface area contributed by atoms with Crippen LogP contribution in [0.1, 0.15) is 12.5 Å². The number of H-pyrrole nitrogens is 1. The van der Waals surface area contributed by atoms with Crippen molar-refractivity contribution in [3.8, 4) is 28.8 Å². The highest BCUT2D eigenvalue weighted by molar-refractivity contribution is 7.98. The zero-order valence-corrected chi connectivity index (χ0v) is 15.3. The summed E-state index contributed by atoms with van der Waals surface area (Å²) >= 11 is 7.62. The first kappa shape index (κ1) is 18.9. The molecule has 2 aromatic rings. The van der Waals surface area contributed by atoms with Crippen molar-refractivity contribution >= 4 is 23.4 Å². The van der Waals surface area contributed by atoms with E-state index in [0.717, 1.165) is 0 Å². The van der Waals surface area contributed by atoms with Crippen molar-refractivity contribution < 1.29 is 9.47 Å². The lowest BCUT2D eigenvalue weighted by Gasteiger charge is -2.14. The fraction of sp³-hybridized carbons (Fsp3) is 0.235. The molecule has 0 radical (unpaired) electrons. The fourth-order valence-electron chi connectivity index (χ4n) is 2.09.